The average molecular weight is 342 g/mol. The highest BCUT2D eigenvalue weighted by Crippen LogP contribution is 2.36. The third kappa shape index (κ3) is 2.42. The van der Waals surface area contributed by atoms with Crippen LogP contribution >= 0.6 is 22.6 Å². The molecule has 0 fully saturated rings. The molecule has 1 aromatic carbocycles. The molecule has 0 saturated carbocycles. The molecule has 0 amide bonds. The van der Waals surface area contributed by atoms with Crippen LogP contribution in [0.3, 0.4) is 0 Å². The SMILES string of the molecule is CC(=O)c1ccc(I)c(C(F)(F)F)c1C=O. The molecule has 0 aliphatic rings. The Bertz CT molecular complexity index is 452. The molecule has 0 bridgehead atoms. The highest BCUT2D eigenvalue weighted by molar-refractivity contribution is 14.1. The summed E-state index contributed by atoms with van der Waals surface area (Å²) in [4.78, 5) is 21.8. The van der Waals surface area contributed by atoms with Crippen molar-refractivity contribution < 1.29 is 22.8 Å². The Balaban J connectivity index is 3.64. The number of hydrogen-bond acceptors (Lipinski definition) is 2. The summed E-state index contributed by atoms with van der Waals surface area (Å²) in [6, 6.07) is 2.40. The number of rotatable bonds is 2. The van der Waals surface area contributed by atoms with E-state index in [0.717, 1.165) is 6.92 Å². The van der Waals surface area contributed by atoms with Crippen LogP contribution in [0.2, 0.25) is 0 Å². The van der Waals surface area contributed by atoms with Gasteiger partial charge in [-0.25, -0.2) is 0 Å². The topological polar surface area (TPSA) is 34.1 Å². The molecule has 0 unspecified atom stereocenters. The van der Waals surface area contributed by atoms with Crippen LogP contribution in [0.1, 0.15) is 33.2 Å². The maximum absolute atomic E-state index is 12.7. The van der Waals surface area contributed by atoms with E-state index in [2.05, 4.69) is 0 Å². The lowest BCUT2D eigenvalue weighted by Gasteiger charge is -2.13. The van der Waals surface area contributed by atoms with Gasteiger partial charge in [-0.1, -0.05) is 0 Å². The summed E-state index contributed by atoms with van der Waals surface area (Å²) < 4.78 is 37.9. The molecule has 0 spiro atoms. The minimum Gasteiger partial charge on any atom is -0.298 e. The van der Waals surface area contributed by atoms with Crippen LogP contribution in [0.25, 0.3) is 0 Å². The van der Waals surface area contributed by atoms with Crippen molar-refractivity contribution in [1.29, 1.82) is 0 Å². The second-order valence-corrected chi connectivity index (χ2v) is 4.22. The lowest BCUT2D eigenvalue weighted by atomic mass is 9.99. The van der Waals surface area contributed by atoms with E-state index in [9.17, 15) is 22.8 Å². The number of aldehydes is 1. The Kier molecular flexibility index (Phi) is 3.72. The predicted molar refractivity (Wildman–Crippen MR) is 59.6 cm³/mol. The molecule has 0 heterocycles. The average Bonchev–Trinajstić information content (AvgIpc) is 2.14. The summed E-state index contributed by atoms with van der Waals surface area (Å²) in [6.45, 7) is 1.12. The molecule has 0 radical (unpaired) electrons. The molecule has 1 rings (SSSR count). The van der Waals surface area contributed by atoms with Gasteiger partial charge in [-0.3, -0.25) is 9.59 Å². The molecule has 0 N–H and O–H groups in total. The van der Waals surface area contributed by atoms with Crippen LogP contribution in [0.5, 0.6) is 0 Å². The van der Waals surface area contributed by atoms with E-state index in [0.29, 0.717) is 0 Å². The minimum absolute atomic E-state index is 0.0711. The van der Waals surface area contributed by atoms with Gasteiger partial charge in [0.05, 0.1) is 5.56 Å². The van der Waals surface area contributed by atoms with Crippen molar-refractivity contribution >= 4 is 34.7 Å². The third-order valence-corrected chi connectivity index (χ3v) is 2.87. The lowest BCUT2D eigenvalue weighted by molar-refractivity contribution is -0.138. The van der Waals surface area contributed by atoms with Crippen LogP contribution in [0.4, 0.5) is 13.2 Å². The second-order valence-electron chi connectivity index (χ2n) is 3.06. The monoisotopic (exact) mass is 342 g/mol. The first-order chi connectivity index (χ1) is 7.29. The van der Waals surface area contributed by atoms with Gasteiger partial charge in [0.2, 0.25) is 0 Å². The Morgan fingerprint density at radius 1 is 1.38 bits per heavy atom. The standard InChI is InChI=1S/C10H6F3IO2/c1-5(16)6-2-3-8(14)9(7(6)4-15)10(11,12)13/h2-4H,1H3. The molecule has 0 atom stereocenters. The van der Waals surface area contributed by atoms with Crippen molar-refractivity contribution in [2.75, 3.05) is 0 Å². The fraction of sp³-hybridized carbons (Fsp3) is 0.200. The van der Waals surface area contributed by atoms with Crippen molar-refractivity contribution in [2.24, 2.45) is 0 Å². The highest BCUT2D eigenvalue weighted by Gasteiger charge is 2.37. The zero-order chi connectivity index (χ0) is 12.5. The maximum Gasteiger partial charge on any atom is 0.418 e. The van der Waals surface area contributed by atoms with E-state index in [1.807, 2.05) is 0 Å². The lowest BCUT2D eigenvalue weighted by Crippen LogP contribution is -2.14. The van der Waals surface area contributed by atoms with Gasteiger partial charge in [0.15, 0.2) is 12.1 Å². The van der Waals surface area contributed by atoms with Crippen LogP contribution in [0.15, 0.2) is 12.1 Å². The molecular formula is C10H6F3IO2. The first kappa shape index (κ1) is 13.1. The summed E-state index contributed by atoms with van der Waals surface area (Å²) in [5.74, 6) is -0.566. The summed E-state index contributed by atoms with van der Waals surface area (Å²) >= 11 is 1.48. The van der Waals surface area contributed by atoms with E-state index in [-0.39, 0.29) is 15.4 Å². The zero-order valence-electron chi connectivity index (χ0n) is 8.06. The summed E-state index contributed by atoms with van der Waals surface area (Å²) in [6.07, 6.45) is -4.57. The zero-order valence-corrected chi connectivity index (χ0v) is 10.2. The van der Waals surface area contributed by atoms with E-state index in [4.69, 9.17) is 0 Å². The van der Waals surface area contributed by atoms with Crippen molar-refractivity contribution in [3.63, 3.8) is 0 Å². The van der Waals surface area contributed by atoms with Gasteiger partial charge in [0.25, 0.3) is 0 Å². The minimum atomic E-state index is -4.64. The van der Waals surface area contributed by atoms with Crippen molar-refractivity contribution in [2.45, 2.75) is 13.1 Å². The first-order valence-corrected chi connectivity index (χ1v) is 5.22. The molecule has 0 aliphatic carbocycles. The summed E-state index contributed by atoms with van der Waals surface area (Å²) in [5, 5.41) is 0. The molecule has 6 heteroatoms. The molecule has 0 aromatic heterocycles. The van der Waals surface area contributed by atoms with E-state index in [1.165, 1.54) is 34.7 Å². The van der Waals surface area contributed by atoms with E-state index >= 15 is 0 Å². The van der Waals surface area contributed by atoms with Gasteiger partial charge >= 0.3 is 6.18 Å². The molecule has 1 aromatic rings. The Hall–Kier alpha value is -0.920. The fourth-order valence-electron chi connectivity index (χ4n) is 1.31. The number of Topliss-reactive ketones (excluding diaryl/α,β-unsaturated/α-hetero) is 1. The first-order valence-electron chi connectivity index (χ1n) is 4.15. The molecule has 86 valence electrons. The van der Waals surface area contributed by atoms with Crippen LogP contribution in [0, 0.1) is 3.57 Å². The summed E-state index contributed by atoms with van der Waals surface area (Å²) in [5.41, 5.74) is -1.84. The smallest absolute Gasteiger partial charge is 0.298 e. The second kappa shape index (κ2) is 4.52. The van der Waals surface area contributed by atoms with Crippen LogP contribution in [-0.2, 0) is 6.18 Å². The van der Waals surface area contributed by atoms with Gasteiger partial charge in [-0.15, -0.1) is 0 Å². The third-order valence-electron chi connectivity index (χ3n) is 1.98. The van der Waals surface area contributed by atoms with Gasteiger partial charge in [-0.05, 0) is 41.6 Å². The Morgan fingerprint density at radius 3 is 2.31 bits per heavy atom. The molecule has 16 heavy (non-hydrogen) atoms. The molecular weight excluding hydrogens is 336 g/mol. The van der Waals surface area contributed by atoms with Crippen molar-refractivity contribution in [3.05, 3.63) is 32.4 Å². The van der Waals surface area contributed by atoms with Gasteiger partial charge in [0, 0.05) is 14.7 Å². The maximum atomic E-state index is 12.7. The number of benzene rings is 1. The normalized spacial score (nSPS) is 11.3. The molecule has 0 saturated heterocycles. The number of carbonyl (C=O) groups excluding carboxylic acids is 2. The number of ketones is 1. The molecule has 0 aliphatic heterocycles. The number of alkyl halides is 3. The quantitative estimate of drug-likeness (QED) is 0.469. The number of halogens is 4. The van der Waals surface area contributed by atoms with Crippen LogP contribution < -0.4 is 0 Å². The molecule has 2 nitrogen and oxygen atoms in total. The highest BCUT2D eigenvalue weighted by atomic mass is 127. The van der Waals surface area contributed by atoms with Gasteiger partial charge in [0.1, 0.15) is 0 Å². The number of carbonyl (C=O) groups is 2. The number of hydrogen-bond donors (Lipinski definition) is 0. The van der Waals surface area contributed by atoms with Crippen LogP contribution in [-0.4, -0.2) is 12.1 Å². The van der Waals surface area contributed by atoms with E-state index in [1.54, 1.807) is 0 Å². The van der Waals surface area contributed by atoms with E-state index < -0.39 is 23.1 Å². The Morgan fingerprint density at radius 2 is 1.94 bits per heavy atom. The fourth-order valence-corrected chi connectivity index (χ4v) is 2.09. The largest absolute Gasteiger partial charge is 0.418 e. The van der Waals surface area contributed by atoms with Crippen molar-refractivity contribution in [1.82, 2.24) is 0 Å². The predicted octanol–water partition coefficient (Wildman–Crippen LogP) is 3.33. The summed E-state index contributed by atoms with van der Waals surface area (Å²) in [7, 11) is 0. The Labute approximate surface area is 103 Å². The van der Waals surface area contributed by atoms with Gasteiger partial charge < -0.3 is 0 Å². The van der Waals surface area contributed by atoms with Gasteiger partial charge in [-0.2, -0.15) is 13.2 Å². The van der Waals surface area contributed by atoms with Crippen molar-refractivity contribution in [3.8, 4) is 0 Å².